The van der Waals surface area contributed by atoms with Crippen molar-refractivity contribution in [2.24, 2.45) is 10.9 Å². The molecule has 0 bridgehead atoms. The minimum Gasteiger partial charge on any atom is -0.475 e. The molecule has 1 aromatic heterocycles. The van der Waals surface area contributed by atoms with Gasteiger partial charge in [0, 0.05) is 18.3 Å². The van der Waals surface area contributed by atoms with Crippen LogP contribution in [0.4, 0.5) is 0 Å². The van der Waals surface area contributed by atoms with Crippen LogP contribution in [0.2, 0.25) is 5.02 Å². The predicted molar refractivity (Wildman–Crippen MR) is 65.8 cm³/mol. The van der Waals surface area contributed by atoms with Crippen LogP contribution >= 0.6 is 11.6 Å². The molecule has 6 nitrogen and oxygen atoms in total. The molecule has 0 amide bonds. The van der Waals surface area contributed by atoms with Crippen LogP contribution in [-0.4, -0.2) is 48.2 Å². The lowest BCUT2D eigenvalue weighted by Gasteiger charge is -2.12. The summed E-state index contributed by atoms with van der Waals surface area (Å²) in [7, 11) is 3.87. The van der Waals surface area contributed by atoms with E-state index < -0.39 is 0 Å². The monoisotopic (exact) mass is 258 g/mol. The summed E-state index contributed by atoms with van der Waals surface area (Å²) < 4.78 is 5.41. The van der Waals surface area contributed by atoms with Crippen LogP contribution in [0.3, 0.4) is 0 Å². The summed E-state index contributed by atoms with van der Waals surface area (Å²) in [5.74, 6) is 0.201. The number of rotatable bonds is 5. The summed E-state index contributed by atoms with van der Waals surface area (Å²) in [5.41, 5.74) is 5.86. The van der Waals surface area contributed by atoms with Crippen molar-refractivity contribution < 1.29 is 9.94 Å². The molecule has 7 heteroatoms. The zero-order valence-corrected chi connectivity index (χ0v) is 10.5. The maximum Gasteiger partial charge on any atom is 0.233 e. The zero-order valence-electron chi connectivity index (χ0n) is 9.72. The second-order valence-electron chi connectivity index (χ2n) is 3.61. The molecule has 0 aliphatic carbocycles. The van der Waals surface area contributed by atoms with E-state index in [1.807, 2.05) is 19.0 Å². The molecular formula is C10H15ClN4O2. The van der Waals surface area contributed by atoms with Gasteiger partial charge in [-0.1, -0.05) is 16.8 Å². The molecule has 0 unspecified atom stereocenters. The number of hydrogen-bond donors (Lipinski definition) is 2. The van der Waals surface area contributed by atoms with Crippen molar-refractivity contribution >= 4 is 17.4 Å². The Morgan fingerprint density at radius 1 is 1.65 bits per heavy atom. The third-order valence-corrected chi connectivity index (χ3v) is 2.38. The Morgan fingerprint density at radius 2 is 2.35 bits per heavy atom. The Hall–Kier alpha value is -1.53. The highest BCUT2D eigenvalue weighted by Crippen LogP contribution is 2.25. The molecule has 0 atom stereocenters. The van der Waals surface area contributed by atoms with Crippen LogP contribution in [0.5, 0.6) is 5.88 Å². The largest absolute Gasteiger partial charge is 0.475 e. The molecule has 0 aromatic carbocycles. The van der Waals surface area contributed by atoms with Crippen LogP contribution in [0, 0.1) is 0 Å². The van der Waals surface area contributed by atoms with Crippen LogP contribution in [0.1, 0.15) is 5.56 Å². The van der Waals surface area contributed by atoms with E-state index in [0.29, 0.717) is 12.2 Å². The van der Waals surface area contributed by atoms with Gasteiger partial charge in [-0.3, -0.25) is 0 Å². The number of pyridine rings is 1. The summed E-state index contributed by atoms with van der Waals surface area (Å²) >= 11 is 6.02. The third-order valence-electron chi connectivity index (χ3n) is 2.02. The minimum atomic E-state index is -0.0742. The van der Waals surface area contributed by atoms with Gasteiger partial charge in [0.1, 0.15) is 11.6 Å². The first-order valence-corrected chi connectivity index (χ1v) is 5.34. The summed E-state index contributed by atoms with van der Waals surface area (Å²) in [6, 6.07) is 1.55. The van der Waals surface area contributed by atoms with E-state index in [1.165, 1.54) is 6.20 Å². The second kappa shape index (κ2) is 6.27. The number of halogens is 1. The number of nitrogens with two attached hydrogens (primary N) is 1. The molecule has 0 radical (unpaired) electrons. The molecule has 17 heavy (non-hydrogen) atoms. The number of amidine groups is 1. The molecule has 0 fully saturated rings. The molecule has 3 N–H and O–H groups in total. The molecule has 0 saturated heterocycles. The fourth-order valence-corrected chi connectivity index (χ4v) is 1.36. The van der Waals surface area contributed by atoms with Crippen molar-refractivity contribution in [3.63, 3.8) is 0 Å². The van der Waals surface area contributed by atoms with E-state index >= 15 is 0 Å². The first-order valence-electron chi connectivity index (χ1n) is 4.96. The Kier molecular flexibility index (Phi) is 4.99. The zero-order chi connectivity index (χ0) is 12.8. The van der Waals surface area contributed by atoms with Crippen molar-refractivity contribution in [2.75, 3.05) is 27.2 Å². The maximum absolute atomic E-state index is 8.59. The first-order chi connectivity index (χ1) is 8.06. The van der Waals surface area contributed by atoms with E-state index in [2.05, 4.69) is 10.1 Å². The smallest absolute Gasteiger partial charge is 0.233 e. The average molecular weight is 259 g/mol. The number of oxime groups is 1. The Bertz CT molecular complexity index is 409. The molecule has 0 aliphatic heterocycles. The highest BCUT2D eigenvalue weighted by Gasteiger charge is 2.12. The normalized spacial score (nSPS) is 11.9. The number of aromatic nitrogens is 1. The highest BCUT2D eigenvalue weighted by atomic mass is 35.5. The topological polar surface area (TPSA) is 84.0 Å². The van der Waals surface area contributed by atoms with Gasteiger partial charge < -0.3 is 20.6 Å². The molecule has 1 rings (SSSR count). The third kappa shape index (κ3) is 3.76. The van der Waals surface area contributed by atoms with Crippen LogP contribution < -0.4 is 10.5 Å². The van der Waals surface area contributed by atoms with E-state index in [9.17, 15) is 0 Å². The molecule has 0 spiro atoms. The van der Waals surface area contributed by atoms with Crippen molar-refractivity contribution in [3.8, 4) is 5.88 Å². The Morgan fingerprint density at radius 3 is 2.94 bits per heavy atom. The van der Waals surface area contributed by atoms with Crippen LogP contribution in [-0.2, 0) is 0 Å². The standard InChI is InChI=1S/C10H15ClN4O2/c1-15(2)5-6-17-10-8(11)7(3-4-13-10)9(12)14-16/h3-4,16H,5-6H2,1-2H3,(H2,12,14). The summed E-state index contributed by atoms with van der Waals surface area (Å²) in [4.78, 5) is 5.96. The second-order valence-corrected chi connectivity index (χ2v) is 3.99. The maximum atomic E-state index is 8.59. The van der Waals surface area contributed by atoms with Gasteiger partial charge >= 0.3 is 0 Å². The molecule has 1 heterocycles. The lowest BCUT2D eigenvalue weighted by Crippen LogP contribution is -2.20. The summed E-state index contributed by atoms with van der Waals surface area (Å²) in [6.07, 6.45) is 1.49. The van der Waals surface area contributed by atoms with Gasteiger partial charge in [-0.2, -0.15) is 0 Å². The van der Waals surface area contributed by atoms with Crippen molar-refractivity contribution in [2.45, 2.75) is 0 Å². The average Bonchev–Trinajstić information content (AvgIpc) is 2.30. The van der Waals surface area contributed by atoms with E-state index in [1.54, 1.807) is 6.07 Å². The predicted octanol–water partition coefficient (Wildman–Crippen LogP) is 0.770. The molecule has 1 aromatic rings. The van der Waals surface area contributed by atoms with E-state index in [-0.39, 0.29) is 16.7 Å². The minimum absolute atomic E-state index is 0.0742. The number of hydrogen-bond acceptors (Lipinski definition) is 5. The summed E-state index contributed by atoms with van der Waals surface area (Å²) in [6.45, 7) is 1.20. The Labute approximate surface area is 105 Å². The van der Waals surface area contributed by atoms with Gasteiger partial charge in [-0.15, -0.1) is 0 Å². The molecule has 0 aliphatic rings. The Balaban J connectivity index is 2.80. The summed E-state index contributed by atoms with van der Waals surface area (Å²) in [5, 5.41) is 11.7. The van der Waals surface area contributed by atoms with Gasteiger partial charge in [0.15, 0.2) is 5.84 Å². The van der Waals surface area contributed by atoms with Gasteiger partial charge in [0.2, 0.25) is 5.88 Å². The van der Waals surface area contributed by atoms with E-state index in [0.717, 1.165) is 6.54 Å². The van der Waals surface area contributed by atoms with Crippen molar-refractivity contribution in [1.82, 2.24) is 9.88 Å². The number of likely N-dealkylation sites (N-methyl/N-ethyl adjacent to an activating group) is 1. The van der Waals surface area contributed by atoms with Gasteiger partial charge in [-0.25, -0.2) is 4.98 Å². The molecular weight excluding hydrogens is 244 g/mol. The van der Waals surface area contributed by atoms with Crippen molar-refractivity contribution in [3.05, 3.63) is 22.8 Å². The van der Waals surface area contributed by atoms with Crippen molar-refractivity contribution in [1.29, 1.82) is 0 Å². The molecule has 94 valence electrons. The fraction of sp³-hybridized carbons (Fsp3) is 0.400. The van der Waals surface area contributed by atoms with Gasteiger partial charge in [0.05, 0.1) is 0 Å². The number of ether oxygens (including phenoxy) is 1. The fourth-order valence-electron chi connectivity index (χ4n) is 1.10. The quantitative estimate of drug-likeness (QED) is 0.353. The van der Waals surface area contributed by atoms with E-state index in [4.69, 9.17) is 27.3 Å². The lowest BCUT2D eigenvalue weighted by molar-refractivity contribution is 0.254. The first kappa shape index (κ1) is 13.5. The number of nitrogens with zero attached hydrogens (tertiary/aromatic N) is 3. The van der Waals surface area contributed by atoms with Crippen LogP contribution in [0.25, 0.3) is 0 Å². The van der Waals surface area contributed by atoms with Gasteiger partial charge in [-0.05, 0) is 20.2 Å². The SMILES string of the molecule is CN(C)CCOc1nccc(/C(N)=N/O)c1Cl. The van der Waals surface area contributed by atoms with Gasteiger partial charge in [0.25, 0.3) is 0 Å². The van der Waals surface area contributed by atoms with Crippen LogP contribution in [0.15, 0.2) is 17.4 Å². The highest BCUT2D eigenvalue weighted by molar-refractivity contribution is 6.35. The molecule has 0 saturated carbocycles. The lowest BCUT2D eigenvalue weighted by atomic mass is 10.2.